The van der Waals surface area contributed by atoms with Crippen LogP contribution in [0.2, 0.25) is 0 Å². The van der Waals surface area contributed by atoms with Crippen molar-refractivity contribution in [3.05, 3.63) is 72.9 Å². The summed E-state index contributed by atoms with van der Waals surface area (Å²) in [6.07, 6.45) is 65.6. The fraction of sp³-hybridized carbons (Fsp3) is 0.745. The van der Waals surface area contributed by atoms with Crippen LogP contribution in [0.5, 0.6) is 0 Å². The molecule has 0 aromatic carbocycles. The second kappa shape index (κ2) is 46.2. The van der Waals surface area contributed by atoms with E-state index in [4.69, 9.17) is 0 Å². The molecule has 0 rings (SSSR count). The lowest BCUT2D eigenvalue weighted by Crippen LogP contribution is -2.45. The molecule has 1 amide bonds. The van der Waals surface area contributed by atoms with E-state index in [2.05, 4.69) is 92.1 Å². The first-order valence-electron chi connectivity index (χ1n) is 23.6. The number of carbonyl (C=O) groups excluding carboxylic acids is 1. The summed E-state index contributed by atoms with van der Waals surface area (Å²) >= 11 is 0. The first-order chi connectivity index (χ1) is 27.2. The average molecular weight is 766 g/mol. The smallest absolute Gasteiger partial charge is 0.220 e. The van der Waals surface area contributed by atoms with Crippen LogP contribution in [-0.4, -0.2) is 34.9 Å². The molecule has 0 aromatic rings. The van der Waals surface area contributed by atoms with Gasteiger partial charge in [0.05, 0.1) is 18.8 Å². The molecule has 0 aliphatic heterocycles. The van der Waals surface area contributed by atoms with Gasteiger partial charge >= 0.3 is 0 Å². The van der Waals surface area contributed by atoms with Crippen LogP contribution in [0.1, 0.15) is 226 Å². The number of allylic oxidation sites excluding steroid dienone is 12. The maximum absolute atomic E-state index is 12.4. The lowest BCUT2D eigenvalue weighted by molar-refractivity contribution is -0.123. The van der Waals surface area contributed by atoms with Crippen molar-refractivity contribution in [2.24, 2.45) is 0 Å². The van der Waals surface area contributed by atoms with Gasteiger partial charge in [0.25, 0.3) is 0 Å². The molecule has 55 heavy (non-hydrogen) atoms. The average Bonchev–Trinajstić information content (AvgIpc) is 3.19. The standard InChI is InChI=1S/C51H91NO3/c1-3-5-7-9-11-13-15-17-19-21-23-25-27-28-30-32-34-36-38-40-42-44-46-50(54)49(48-53)52-51(55)47-45-43-41-39-37-35-33-31-29-26-24-22-20-18-16-14-12-10-8-6-4-2/h6,8,12,14,18,20,24,26,31,33,37,39,49-50,53-54H,3-5,7,9-11,13,15-17,19,21-23,25,27-30,32,34-36,38,40-48H2,1-2H3,(H,52,55)/b8-6-,14-12-,20-18-,26-24-,33-31-,39-37-. The second-order valence-corrected chi connectivity index (χ2v) is 15.8. The van der Waals surface area contributed by atoms with Gasteiger partial charge in [-0.3, -0.25) is 4.79 Å². The molecule has 0 bridgehead atoms. The predicted molar refractivity (Wildman–Crippen MR) is 244 cm³/mol. The quantitative estimate of drug-likeness (QED) is 0.0428. The topological polar surface area (TPSA) is 69.6 Å². The summed E-state index contributed by atoms with van der Waals surface area (Å²) in [6.45, 7) is 4.23. The van der Waals surface area contributed by atoms with Crippen LogP contribution >= 0.6 is 0 Å². The maximum atomic E-state index is 12.4. The minimum atomic E-state index is -0.682. The van der Waals surface area contributed by atoms with Crippen molar-refractivity contribution < 1.29 is 15.0 Å². The molecule has 2 atom stereocenters. The Labute approximate surface area is 342 Å². The molecule has 4 heteroatoms. The van der Waals surface area contributed by atoms with E-state index in [0.717, 1.165) is 70.6 Å². The molecule has 0 saturated heterocycles. The Balaban J connectivity index is 3.61. The fourth-order valence-corrected chi connectivity index (χ4v) is 6.89. The van der Waals surface area contributed by atoms with Gasteiger partial charge in [-0.25, -0.2) is 0 Å². The summed E-state index contributed by atoms with van der Waals surface area (Å²) in [6, 6.07) is -0.564. The third-order valence-electron chi connectivity index (χ3n) is 10.5. The van der Waals surface area contributed by atoms with E-state index in [1.54, 1.807) is 0 Å². The number of hydrogen-bond donors (Lipinski definition) is 3. The van der Waals surface area contributed by atoms with Gasteiger partial charge in [0.15, 0.2) is 0 Å². The van der Waals surface area contributed by atoms with E-state index in [-0.39, 0.29) is 12.5 Å². The van der Waals surface area contributed by atoms with Crippen molar-refractivity contribution in [2.45, 2.75) is 238 Å². The first-order valence-corrected chi connectivity index (χ1v) is 23.6. The van der Waals surface area contributed by atoms with Crippen LogP contribution in [0.3, 0.4) is 0 Å². The Morgan fingerprint density at radius 2 is 0.800 bits per heavy atom. The highest BCUT2D eigenvalue weighted by atomic mass is 16.3. The number of nitrogens with one attached hydrogen (secondary N) is 1. The molecule has 0 spiro atoms. The second-order valence-electron chi connectivity index (χ2n) is 15.8. The molecule has 2 unspecified atom stereocenters. The van der Waals surface area contributed by atoms with E-state index in [1.807, 2.05) is 0 Å². The zero-order valence-corrected chi connectivity index (χ0v) is 36.4. The van der Waals surface area contributed by atoms with Crippen LogP contribution in [-0.2, 0) is 4.79 Å². The van der Waals surface area contributed by atoms with Crippen molar-refractivity contribution in [2.75, 3.05) is 6.61 Å². The van der Waals surface area contributed by atoms with Gasteiger partial charge in [-0.1, -0.05) is 228 Å². The van der Waals surface area contributed by atoms with Crippen LogP contribution in [0.4, 0.5) is 0 Å². The van der Waals surface area contributed by atoms with Gasteiger partial charge in [0, 0.05) is 6.42 Å². The highest BCUT2D eigenvalue weighted by Crippen LogP contribution is 2.16. The number of unbranched alkanes of at least 4 members (excludes halogenated alkanes) is 23. The number of aliphatic hydroxyl groups excluding tert-OH is 2. The third kappa shape index (κ3) is 42.8. The molecule has 4 nitrogen and oxygen atoms in total. The van der Waals surface area contributed by atoms with Crippen LogP contribution in [0.25, 0.3) is 0 Å². The van der Waals surface area contributed by atoms with E-state index in [0.29, 0.717) is 12.8 Å². The normalized spacial score (nSPS) is 13.6. The maximum Gasteiger partial charge on any atom is 0.220 e. The van der Waals surface area contributed by atoms with Crippen LogP contribution in [0, 0.1) is 0 Å². The highest BCUT2D eigenvalue weighted by Gasteiger charge is 2.19. The Morgan fingerprint density at radius 1 is 0.455 bits per heavy atom. The van der Waals surface area contributed by atoms with Crippen LogP contribution < -0.4 is 5.32 Å². The molecule has 0 saturated carbocycles. The van der Waals surface area contributed by atoms with Crippen molar-refractivity contribution in [3.8, 4) is 0 Å². The van der Waals surface area contributed by atoms with Crippen molar-refractivity contribution in [1.82, 2.24) is 5.32 Å². The Bertz CT molecular complexity index is 961. The fourth-order valence-electron chi connectivity index (χ4n) is 6.89. The number of rotatable bonds is 42. The lowest BCUT2D eigenvalue weighted by Gasteiger charge is -2.22. The Kier molecular flexibility index (Phi) is 44.4. The number of amides is 1. The predicted octanol–water partition coefficient (Wildman–Crippen LogP) is 15.1. The van der Waals surface area contributed by atoms with Crippen molar-refractivity contribution in [1.29, 1.82) is 0 Å². The summed E-state index contributed by atoms with van der Waals surface area (Å²) < 4.78 is 0. The Morgan fingerprint density at radius 3 is 1.16 bits per heavy atom. The molecule has 0 heterocycles. The summed E-state index contributed by atoms with van der Waals surface area (Å²) in [4.78, 5) is 12.4. The van der Waals surface area contributed by atoms with E-state index in [1.165, 1.54) is 128 Å². The van der Waals surface area contributed by atoms with Crippen LogP contribution in [0.15, 0.2) is 72.9 Å². The largest absolute Gasteiger partial charge is 0.394 e. The Hall–Kier alpha value is -2.17. The highest BCUT2D eigenvalue weighted by molar-refractivity contribution is 5.76. The van der Waals surface area contributed by atoms with Gasteiger partial charge in [-0.05, 0) is 64.2 Å². The number of carbonyl (C=O) groups is 1. The van der Waals surface area contributed by atoms with Crippen molar-refractivity contribution in [3.63, 3.8) is 0 Å². The SMILES string of the molecule is CC/C=C\C/C=C\C/C=C\C/C=C\C/C=C\C/C=C\CCCCC(=O)NC(CO)C(O)CCCCCCCCCCCCCCCCCCCCCCCC. The summed E-state index contributed by atoms with van der Waals surface area (Å²) in [5, 5.41) is 23.2. The van der Waals surface area contributed by atoms with Crippen molar-refractivity contribution >= 4 is 5.91 Å². The zero-order valence-electron chi connectivity index (χ0n) is 36.4. The van der Waals surface area contributed by atoms with Gasteiger partial charge < -0.3 is 15.5 Å². The molecular weight excluding hydrogens is 675 g/mol. The monoisotopic (exact) mass is 766 g/mol. The van der Waals surface area contributed by atoms with E-state index in [9.17, 15) is 15.0 Å². The molecule has 318 valence electrons. The molecular formula is C51H91NO3. The molecule has 3 N–H and O–H groups in total. The summed E-state index contributed by atoms with van der Waals surface area (Å²) in [5.74, 6) is -0.0741. The molecule has 0 aliphatic carbocycles. The zero-order chi connectivity index (χ0) is 40.0. The minimum Gasteiger partial charge on any atom is -0.394 e. The van der Waals surface area contributed by atoms with Gasteiger partial charge in [-0.15, -0.1) is 0 Å². The number of aliphatic hydroxyl groups is 2. The lowest BCUT2D eigenvalue weighted by atomic mass is 10.0. The van der Waals surface area contributed by atoms with Gasteiger partial charge in [0.2, 0.25) is 5.91 Å². The minimum absolute atomic E-state index is 0.0741. The first kappa shape index (κ1) is 52.8. The number of hydrogen-bond acceptors (Lipinski definition) is 3. The third-order valence-corrected chi connectivity index (χ3v) is 10.5. The van der Waals surface area contributed by atoms with Gasteiger partial charge in [0.1, 0.15) is 0 Å². The summed E-state index contributed by atoms with van der Waals surface area (Å²) in [5.41, 5.74) is 0. The molecule has 0 fully saturated rings. The van der Waals surface area contributed by atoms with E-state index < -0.39 is 12.1 Å². The summed E-state index contributed by atoms with van der Waals surface area (Å²) in [7, 11) is 0. The molecule has 0 aromatic heterocycles. The van der Waals surface area contributed by atoms with Gasteiger partial charge in [-0.2, -0.15) is 0 Å². The van der Waals surface area contributed by atoms with E-state index >= 15 is 0 Å². The molecule has 0 aliphatic rings. The molecule has 0 radical (unpaired) electrons.